The van der Waals surface area contributed by atoms with Crippen molar-refractivity contribution in [1.29, 1.82) is 0 Å². The maximum Gasteiger partial charge on any atom is 0.338 e. The van der Waals surface area contributed by atoms with Crippen LogP contribution in [0.15, 0.2) is 51.8 Å². The van der Waals surface area contributed by atoms with E-state index in [1.807, 2.05) is 30.3 Å². The number of esters is 1. The molecule has 0 aliphatic carbocycles. The summed E-state index contributed by atoms with van der Waals surface area (Å²) in [7, 11) is 1.31. The van der Waals surface area contributed by atoms with Gasteiger partial charge in [0.1, 0.15) is 5.52 Å². The summed E-state index contributed by atoms with van der Waals surface area (Å²) in [5.74, 6) is -0.988. The molecule has 2 aliphatic rings. The molecular weight excluding hydrogens is 430 g/mol. The molecule has 1 aromatic heterocycles. The summed E-state index contributed by atoms with van der Waals surface area (Å²) in [6, 6.07) is 13.6. The molecule has 1 atom stereocenters. The Morgan fingerprint density at radius 2 is 2.12 bits per heavy atom. The van der Waals surface area contributed by atoms with Gasteiger partial charge in [-0.25, -0.2) is 4.79 Å². The first-order valence-corrected chi connectivity index (χ1v) is 10.9. The van der Waals surface area contributed by atoms with Gasteiger partial charge in [0.2, 0.25) is 0 Å². The number of imide groups is 1. The van der Waals surface area contributed by atoms with Crippen LogP contribution >= 0.6 is 11.8 Å². The van der Waals surface area contributed by atoms with Crippen LogP contribution < -0.4 is 10.2 Å². The smallest absolute Gasteiger partial charge is 0.338 e. The fourth-order valence-electron chi connectivity index (χ4n) is 4.08. The molecule has 0 spiro atoms. The van der Waals surface area contributed by atoms with E-state index in [9.17, 15) is 14.4 Å². The normalized spacial score (nSPS) is 19.7. The number of anilines is 1. The summed E-state index contributed by atoms with van der Waals surface area (Å²) in [6.07, 6.45) is 3.38. The van der Waals surface area contributed by atoms with Gasteiger partial charge in [-0.3, -0.25) is 14.9 Å². The average Bonchev–Trinajstić information content (AvgIpc) is 3.51. The number of benzene rings is 2. The van der Waals surface area contributed by atoms with Gasteiger partial charge in [-0.2, -0.15) is 4.98 Å². The number of hydrogen-bond acceptors (Lipinski definition) is 8. The number of oxazole rings is 1. The number of nitrogens with zero attached hydrogens (tertiary/aromatic N) is 2. The van der Waals surface area contributed by atoms with Crippen molar-refractivity contribution in [2.45, 2.75) is 18.9 Å². The lowest BCUT2D eigenvalue weighted by atomic mass is 9.97. The number of fused-ring (bicyclic) bond motifs is 1. The van der Waals surface area contributed by atoms with E-state index in [4.69, 9.17) is 9.15 Å². The van der Waals surface area contributed by atoms with Crippen LogP contribution in [0.25, 0.3) is 17.2 Å². The number of rotatable bonds is 4. The molecule has 2 aliphatic heterocycles. The Morgan fingerprint density at radius 1 is 1.28 bits per heavy atom. The van der Waals surface area contributed by atoms with Gasteiger partial charge < -0.3 is 14.1 Å². The number of methoxy groups -OCH3 is 1. The topological polar surface area (TPSA) is 102 Å². The molecule has 1 N–H and O–H groups in total. The van der Waals surface area contributed by atoms with Crippen LogP contribution in [-0.2, 0) is 9.53 Å². The van der Waals surface area contributed by atoms with Gasteiger partial charge in [-0.1, -0.05) is 24.3 Å². The summed E-state index contributed by atoms with van der Waals surface area (Å²) in [4.78, 5) is 42.9. The zero-order chi connectivity index (χ0) is 22.2. The van der Waals surface area contributed by atoms with Crippen LogP contribution in [-0.4, -0.2) is 35.8 Å². The van der Waals surface area contributed by atoms with Gasteiger partial charge in [-0.05, 0) is 60.0 Å². The fourth-order valence-corrected chi connectivity index (χ4v) is 4.75. The Hall–Kier alpha value is -3.59. The lowest BCUT2D eigenvalue weighted by Gasteiger charge is -2.24. The standard InChI is InChI=1S/C23H19N3O5S/c1-30-21(28)15-11-14(9-8-13(15)12-19-20(27)25-23(29)32-19)17-6-4-10-26(17)22-24-16-5-2-3-7-18(16)31-22/h2-3,5,7-9,11-12,17H,4,6,10H2,1H3,(H,25,27,29)/t17-/m1/s1. The molecule has 8 nitrogen and oxygen atoms in total. The summed E-state index contributed by atoms with van der Waals surface area (Å²) >= 11 is 0.806. The minimum absolute atomic E-state index is 0.0149. The lowest BCUT2D eigenvalue weighted by Crippen LogP contribution is -2.23. The highest BCUT2D eigenvalue weighted by molar-refractivity contribution is 8.18. The summed E-state index contributed by atoms with van der Waals surface area (Å²) in [5, 5.41) is 1.78. The zero-order valence-corrected chi connectivity index (χ0v) is 18.0. The molecule has 2 fully saturated rings. The van der Waals surface area contributed by atoms with Crippen molar-refractivity contribution < 1.29 is 23.5 Å². The maximum absolute atomic E-state index is 12.5. The predicted molar refractivity (Wildman–Crippen MR) is 120 cm³/mol. The number of nitrogens with one attached hydrogen (secondary N) is 1. The monoisotopic (exact) mass is 449 g/mol. The molecule has 2 aromatic carbocycles. The van der Waals surface area contributed by atoms with Crippen LogP contribution in [0.1, 0.15) is 40.4 Å². The molecule has 0 saturated carbocycles. The quantitative estimate of drug-likeness (QED) is 0.465. The second-order valence-corrected chi connectivity index (χ2v) is 8.52. The second kappa shape index (κ2) is 8.16. The van der Waals surface area contributed by atoms with Crippen LogP contribution in [0.5, 0.6) is 0 Å². The number of para-hydroxylation sites is 2. The molecule has 0 unspecified atom stereocenters. The van der Waals surface area contributed by atoms with E-state index in [1.54, 1.807) is 12.1 Å². The number of thioether (sulfide) groups is 1. The van der Waals surface area contributed by atoms with E-state index in [1.165, 1.54) is 13.2 Å². The van der Waals surface area contributed by atoms with E-state index in [-0.39, 0.29) is 10.9 Å². The van der Waals surface area contributed by atoms with Crippen molar-refractivity contribution in [2.24, 2.45) is 0 Å². The summed E-state index contributed by atoms with van der Waals surface area (Å²) in [6.45, 7) is 0.787. The van der Waals surface area contributed by atoms with Gasteiger partial charge in [0, 0.05) is 6.54 Å². The predicted octanol–water partition coefficient (Wildman–Crippen LogP) is 4.28. The summed E-state index contributed by atoms with van der Waals surface area (Å²) in [5.41, 5.74) is 3.29. The summed E-state index contributed by atoms with van der Waals surface area (Å²) < 4.78 is 10.9. The van der Waals surface area contributed by atoms with E-state index < -0.39 is 17.1 Å². The van der Waals surface area contributed by atoms with Crippen LogP contribution in [0.2, 0.25) is 0 Å². The van der Waals surface area contributed by atoms with Crippen LogP contribution in [0.3, 0.4) is 0 Å². The first-order valence-electron chi connectivity index (χ1n) is 10.1. The number of carbonyl (C=O) groups is 3. The minimum atomic E-state index is -0.514. The van der Waals surface area contributed by atoms with Gasteiger partial charge in [0.15, 0.2) is 5.58 Å². The van der Waals surface area contributed by atoms with Crippen LogP contribution in [0.4, 0.5) is 10.8 Å². The van der Waals surface area contributed by atoms with Crippen molar-refractivity contribution in [3.63, 3.8) is 0 Å². The number of hydrogen-bond donors (Lipinski definition) is 1. The molecule has 3 heterocycles. The third-order valence-electron chi connectivity index (χ3n) is 5.58. The van der Waals surface area contributed by atoms with Crippen molar-refractivity contribution in [3.8, 4) is 0 Å². The second-order valence-electron chi connectivity index (χ2n) is 7.51. The first-order chi connectivity index (χ1) is 15.5. The largest absolute Gasteiger partial charge is 0.465 e. The Kier molecular flexibility index (Phi) is 5.18. The number of carbonyl (C=O) groups excluding carboxylic acids is 3. The number of ether oxygens (including phenoxy) is 1. The Balaban J connectivity index is 1.51. The first kappa shape index (κ1) is 20.3. The van der Waals surface area contributed by atoms with E-state index in [0.29, 0.717) is 17.1 Å². The zero-order valence-electron chi connectivity index (χ0n) is 17.2. The molecule has 32 heavy (non-hydrogen) atoms. The van der Waals surface area contributed by atoms with Crippen molar-refractivity contribution in [2.75, 3.05) is 18.6 Å². The van der Waals surface area contributed by atoms with Crippen molar-refractivity contribution >= 4 is 52.1 Å². The third kappa shape index (κ3) is 3.64. The van der Waals surface area contributed by atoms with E-state index in [0.717, 1.165) is 47.8 Å². The van der Waals surface area contributed by atoms with Crippen molar-refractivity contribution in [1.82, 2.24) is 10.3 Å². The molecular formula is C23H19N3O5S. The van der Waals surface area contributed by atoms with Gasteiger partial charge in [0.05, 0.1) is 23.6 Å². The number of amides is 2. The molecule has 2 saturated heterocycles. The molecule has 9 heteroatoms. The van der Waals surface area contributed by atoms with E-state index in [2.05, 4.69) is 15.2 Å². The average molecular weight is 449 g/mol. The van der Waals surface area contributed by atoms with Crippen LogP contribution in [0, 0.1) is 0 Å². The minimum Gasteiger partial charge on any atom is -0.465 e. The highest BCUT2D eigenvalue weighted by Crippen LogP contribution is 2.38. The molecule has 162 valence electrons. The molecule has 2 amide bonds. The Bertz CT molecular complexity index is 1250. The molecule has 5 rings (SSSR count). The SMILES string of the molecule is COC(=O)c1cc([C@H]2CCCN2c2nc3ccccc3o2)ccc1C=C1SC(=O)NC1=O. The maximum atomic E-state index is 12.5. The highest BCUT2D eigenvalue weighted by atomic mass is 32.2. The lowest BCUT2D eigenvalue weighted by molar-refractivity contribution is -0.115. The Morgan fingerprint density at radius 3 is 2.88 bits per heavy atom. The Labute approximate surface area is 187 Å². The number of aromatic nitrogens is 1. The van der Waals surface area contributed by atoms with E-state index >= 15 is 0 Å². The molecule has 3 aromatic rings. The third-order valence-corrected chi connectivity index (χ3v) is 6.39. The fraction of sp³-hybridized carbons (Fsp3) is 0.217. The van der Waals surface area contributed by atoms with Crippen molar-refractivity contribution in [3.05, 3.63) is 64.1 Å². The van der Waals surface area contributed by atoms with Gasteiger partial charge in [-0.15, -0.1) is 0 Å². The molecule has 0 radical (unpaired) electrons. The van der Waals surface area contributed by atoms with Gasteiger partial charge >= 0.3 is 5.97 Å². The highest BCUT2D eigenvalue weighted by Gasteiger charge is 2.31. The molecule has 0 bridgehead atoms. The van der Waals surface area contributed by atoms with Gasteiger partial charge in [0.25, 0.3) is 17.2 Å².